The summed E-state index contributed by atoms with van der Waals surface area (Å²) in [5.41, 5.74) is 8.81. The first-order chi connectivity index (χ1) is 9.58. The molecule has 2 N–H and O–H groups in total. The second-order valence-electron chi connectivity index (χ2n) is 4.55. The van der Waals surface area contributed by atoms with Gasteiger partial charge in [-0.15, -0.1) is 0 Å². The largest absolute Gasteiger partial charge is 0.389 e. The first kappa shape index (κ1) is 14.8. The summed E-state index contributed by atoms with van der Waals surface area (Å²) in [4.78, 5) is 6.51. The number of halogens is 1. The highest BCUT2D eigenvalue weighted by Crippen LogP contribution is 2.24. The highest BCUT2D eigenvalue weighted by molar-refractivity contribution is 7.80. The van der Waals surface area contributed by atoms with Gasteiger partial charge < -0.3 is 10.6 Å². The summed E-state index contributed by atoms with van der Waals surface area (Å²) in [5.74, 6) is 0. The second-order valence-corrected chi connectivity index (χ2v) is 5.43. The molecule has 104 valence electrons. The van der Waals surface area contributed by atoms with Gasteiger partial charge in [0.15, 0.2) is 0 Å². The van der Waals surface area contributed by atoms with Crippen LogP contribution in [0.5, 0.6) is 0 Å². The van der Waals surface area contributed by atoms with Crippen molar-refractivity contribution in [2.45, 2.75) is 6.42 Å². The number of nitrogens with zero attached hydrogens (tertiary/aromatic N) is 2. The van der Waals surface area contributed by atoms with E-state index in [0.29, 0.717) is 10.0 Å². The van der Waals surface area contributed by atoms with Gasteiger partial charge in [0.05, 0.1) is 0 Å². The van der Waals surface area contributed by atoms with Gasteiger partial charge in [0.25, 0.3) is 0 Å². The van der Waals surface area contributed by atoms with E-state index in [4.69, 9.17) is 29.6 Å². The van der Waals surface area contributed by atoms with Crippen LogP contribution < -0.4 is 10.6 Å². The van der Waals surface area contributed by atoms with Gasteiger partial charge >= 0.3 is 0 Å². The predicted molar refractivity (Wildman–Crippen MR) is 88.6 cm³/mol. The summed E-state index contributed by atoms with van der Waals surface area (Å²) < 4.78 is 0. The van der Waals surface area contributed by atoms with Crippen LogP contribution in [-0.4, -0.2) is 23.6 Å². The summed E-state index contributed by atoms with van der Waals surface area (Å²) in [5, 5.41) is 0.677. The van der Waals surface area contributed by atoms with Gasteiger partial charge in [0.1, 0.15) is 4.99 Å². The molecule has 0 fully saturated rings. The molecule has 0 aliphatic carbocycles. The molecule has 5 heteroatoms. The molecule has 3 nitrogen and oxygen atoms in total. The second kappa shape index (κ2) is 6.68. The Morgan fingerprint density at radius 3 is 2.65 bits per heavy atom. The van der Waals surface area contributed by atoms with Crippen LogP contribution >= 0.6 is 23.8 Å². The molecule has 0 amide bonds. The van der Waals surface area contributed by atoms with E-state index in [1.165, 1.54) is 5.56 Å². The van der Waals surface area contributed by atoms with Crippen molar-refractivity contribution in [2.24, 2.45) is 5.73 Å². The molecule has 1 aromatic heterocycles. The molecule has 0 unspecified atom stereocenters. The predicted octanol–water partition coefficient (Wildman–Crippen LogP) is 3.05. The van der Waals surface area contributed by atoms with Crippen molar-refractivity contribution in [1.82, 2.24) is 4.98 Å². The first-order valence-electron chi connectivity index (χ1n) is 6.27. The Balaban J connectivity index is 2.14. The highest BCUT2D eigenvalue weighted by Gasteiger charge is 2.10. The van der Waals surface area contributed by atoms with Crippen LogP contribution in [0.3, 0.4) is 0 Å². The fraction of sp³-hybridized carbons (Fsp3) is 0.200. The Bertz CT molecular complexity index is 601. The van der Waals surface area contributed by atoms with Crippen molar-refractivity contribution in [3.8, 4) is 0 Å². The maximum atomic E-state index is 6.06. The Morgan fingerprint density at radius 1 is 1.30 bits per heavy atom. The van der Waals surface area contributed by atoms with E-state index in [9.17, 15) is 0 Å². The normalized spacial score (nSPS) is 10.3. The van der Waals surface area contributed by atoms with Crippen molar-refractivity contribution in [2.75, 3.05) is 18.5 Å². The van der Waals surface area contributed by atoms with Gasteiger partial charge in [0.2, 0.25) is 0 Å². The lowest BCUT2D eigenvalue weighted by Crippen LogP contribution is -2.24. The lowest BCUT2D eigenvalue weighted by Gasteiger charge is -2.22. The Hall–Kier alpha value is -1.65. The Labute approximate surface area is 129 Å². The monoisotopic (exact) mass is 305 g/mol. The molecular weight excluding hydrogens is 290 g/mol. The zero-order chi connectivity index (χ0) is 14.5. The molecule has 0 aliphatic rings. The van der Waals surface area contributed by atoms with Gasteiger partial charge in [-0.3, -0.25) is 4.98 Å². The number of rotatable bonds is 5. The van der Waals surface area contributed by atoms with Gasteiger partial charge in [-0.05, 0) is 42.3 Å². The maximum Gasteiger partial charge on any atom is 0.106 e. The molecule has 1 heterocycles. The topological polar surface area (TPSA) is 42.2 Å². The quantitative estimate of drug-likeness (QED) is 0.862. The number of anilines is 1. The Morgan fingerprint density at radius 2 is 2.00 bits per heavy atom. The first-order valence-corrected chi connectivity index (χ1v) is 7.06. The molecule has 1 aromatic carbocycles. The summed E-state index contributed by atoms with van der Waals surface area (Å²) in [6.07, 6.45) is 4.52. The third kappa shape index (κ3) is 3.68. The van der Waals surface area contributed by atoms with Crippen molar-refractivity contribution < 1.29 is 0 Å². The van der Waals surface area contributed by atoms with E-state index in [1.807, 2.05) is 31.3 Å². The maximum absolute atomic E-state index is 6.06. The number of likely N-dealkylation sites (N-methyl/N-ethyl adjacent to an activating group) is 1. The number of aromatic nitrogens is 1. The van der Waals surface area contributed by atoms with Crippen molar-refractivity contribution in [3.63, 3.8) is 0 Å². The molecule has 0 saturated heterocycles. The third-order valence-corrected chi connectivity index (χ3v) is 3.58. The number of pyridine rings is 1. The van der Waals surface area contributed by atoms with Crippen molar-refractivity contribution in [1.29, 1.82) is 0 Å². The standard InChI is InChI=1S/C15H16ClN3S/c1-19(9-6-11-4-7-18-8-5-11)14-10-12(16)2-3-13(14)15(17)20/h2-5,7-8,10H,6,9H2,1H3,(H2,17,20). The van der Waals surface area contributed by atoms with Gasteiger partial charge in [-0.25, -0.2) is 0 Å². The average molecular weight is 306 g/mol. The van der Waals surface area contributed by atoms with E-state index < -0.39 is 0 Å². The number of benzene rings is 1. The van der Waals surface area contributed by atoms with E-state index >= 15 is 0 Å². The molecule has 20 heavy (non-hydrogen) atoms. The van der Waals surface area contributed by atoms with Crippen LogP contribution in [0.25, 0.3) is 0 Å². The molecule has 2 rings (SSSR count). The fourth-order valence-electron chi connectivity index (χ4n) is 2.00. The van der Waals surface area contributed by atoms with E-state index in [2.05, 4.69) is 9.88 Å². The van der Waals surface area contributed by atoms with E-state index in [-0.39, 0.29) is 0 Å². The van der Waals surface area contributed by atoms with Crippen LogP contribution in [0.1, 0.15) is 11.1 Å². The van der Waals surface area contributed by atoms with Crippen molar-refractivity contribution >= 4 is 34.5 Å². The fourth-order valence-corrected chi connectivity index (χ4v) is 2.33. The zero-order valence-corrected chi connectivity index (χ0v) is 12.8. The van der Waals surface area contributed by atoms with E-state index in [1.54, 1.807) is 18.5 Å². The molecule has 0 spiro atoms. The highest BCUT2D eigenvalue weighted by atomic mass is 35.5. The van der Waals surface area contributed by atoms with Crippen LogP contribution in [0, 0.1) is 0 Å². The van der Waals surface area contributed by atoms with Crippen LogP contribution in [0.15, 0.2) is 42.7 Å². The molecule has 0 saturated carbocycles. The minimum Gasteiger partial charge on any atom is -0.389 e. The molecule has 0 radical (unpaired) electrons. The minimum atomic E-state index is 0.382. The summed E-state index contributed by atoms with van der Waals surface area (Å²) in [6.45, 7) is 0.847. The molecule has 0 aliphatic heterocycles. The molecule has 0 atom stereocenters. The zero-order valence-electron chi connectivity index (χ0n) is 11.2. The minimum absolute atomic E-state index is 0.382. The van der Waals surface area contributed by atoms with Crippen LogP contribution in [-0.2, 0) is 6.42 Å². The number of thiocarbonyl (C=S) groups is 1. The third-order valence-electron chi connectivity index (χ3n) is 3.12. The summed E-state index contributed by atoms with van der Waals surface area (Å²) >= 11 is 11.2. The molecule has 0 bridgehead atoms. The Kier molecular flexibility index (Phi) is 4.93. The van der Waals surface area contributed by atoms with Gasteiger partial charge in [-0.1, -0.05) is 23.8 Å². The molecular formula is C15H16ClN3S. The number of nitrogens with two attached hydrogens (primary N) is 1. The SMILES string of the molecule is CN(CCc1ccncc1)c1cc(Cl)ccc1C(N)=S. The number of hydrogen-bond donors (Lipinski definition) is 1. The smallest absolute Gasteiger partial charge is 0.106 e. The van der Waals surface area contributed by atoms with Crippen molar-refractivity contribution in [3.05, 3.63) is 58.9 Å². The van der Waals surface area contributed by atoms with Crippen LogP contribution in [0.4, 0.5) is 5.69 Å². The van der Waals surface area contributed by atoms with Gasteiger partial charge in [-0.2, -0.15) is 0 Å². The molecule has 2 aromatic rings. The lowest BCUT2D eigenvalue weighted by molar-refractivity contribution is 0.874. The summed E-state index contributed by atoms with van der Waals surface area (Å²) in [7, 11) is 2.01. The summed E-state index contributed by atoms with van der Waals surface area (Å²) in [6, 6.07) is 9.59. The van der Waals surface area contributed by atoms with E-state index in [0.717, 1.165) is 24.2 Å². The lowest BCUT2D eigenvalue weighted by atomic mass is 10.1. The van der Waals surface area contributed by atoms with Gasteiger partial charge in [0, 0.05) is 42.3 Å². The van der Waals surface area contributed by atoms with Crippen LogP contribution in [0.2, 0.25) is 5.02 Å². The number of hydrogen-bond acceptors (Lipinski definition) is 3. The average Bonchev–Trinajstić information content (AvgIpc) is 2.45.